The van der Waals surface area contributed by atoms with Crippen molar-refractivity contribution >= 4 is 41.3 Å². The van der Waals surface area contributed by atoms with Gasteiger partial charge in [-0.3, -0.25) is 4.99 Å². The first-order valence-electron chi connectivity index (χ1n) is 8.90. The summed E-state index contributed by atoms with van der Waals surface area (Å²) in [6.45, 7) is 8.44. The van der Waals surface area contributed by atoms with Gasteiger partial charge in [0.1, 0.15) is 0 Å². The molecule has 3 N–H and O–H groups in total. The van der Waals surface area contributed by atoms with Gasteiger partial charge in [-0.1, -0.05) is 13.0 Å². The maximum atomic E-state index is 9.32. The Kier molecular flexibility index (Phi) is 11.0. The molecule has 5 nitrogen and oxygen atoms in total. The van der Waals surface area contributed by atoms with Crippen LogP contribution >= 0.6 is 35.3 Å². The molecule has 0 amide bonds. The molecule has 0 radical (unpaired) electrons. The second-order valence-corrected chi connectivity index (χ2v) is 7.77. The van der Waals surface area contributed by atoms with Crippen LogP contribution in [0.1, 0.15) is 31.6 Å². The van der Waals surface area contributed by atoms with E-state index in [2.05, 4.69) is 42.0 Å². The molecule has 1 aliphatic heterocycles. The summed E-state index contributed by atoms with van der Waals surface area (Å²) in [5.74, 6) is 1.41. The highest BCUT2D eigenvalue weighted by molar-refractivity contribution is 14.0. The quantitative estimate of drug-likeness (QED) is 0.288. The first-order valence-corrected chi connectivity index (χ1v) is 9.78. The molecule has 0 bridgehead atoms. The number of aliphatic hydroxyl groups excluding tert-OH is 1. The smallest absolute Gasteiger partial charge is 0.191 e. The van der Waals surface area contributed by atoms with Crippen LogP contribution in [0.2, 0.25) is 0 Å². The van der Waals surface area contributed by atoms with Crippen molar-refractivity contribution < 1.29 is 9.84 Å². The Morgan fingerprint density at radius 2 is 2.32 bits per heavy atom. The average Bonchev–Trinajstić information content (AvgIpc) is 3.23. The summed E-state index contributed by atoms with van der Waals surface area (Å²) < 4.78 is 5.54. The lowest BCUT2D eigenvalue weighted by Gasteiger charge is -2.25. The van der Waals surface area contributed by atoms with Crippen LogP contribution in [-0.4, -0.2) is 50.5 Å². The minimum Gasteiger partial charge on any atom is -0.396 e. The van der Waals surface area contributed by atoms with Gasteiger partial charge in [0.05, 0.1) is 13.2 Å². The van der Waals surface area contributed by atoms with Crippen molar-refractivity contribution in [3.63, 3.8) is 0 Å². The number of nitrogens with one attached hydrogen (secondary N) is 2. The molecular weight excluding hydrogens is 449 g/mol. The zero-order valence-corrected chi connectivity index (χ0v) is 18.4. The molecule has 1 fully saturated rings. The van der Waals surface area contributed by atoms with E-state index >= 15 is 0 Å². The SMILES string of the molecule is CCNC(=NCC1(CCO)CCOC1)NCC(C)Cc1cccs1.I. The highest BCUT2D eigenvalue weighted by Gasteiger charge is 2.34. The summed E-state index contributed by atoms with van der Waals surface area (Å²) in [6, 6.07) is 4.30. The third-order valence-corrected chi connectivity index (χ3v) is 5.39. The number of hydrogen-bond acceptors (Lipinski definition) is 4. The summed E-state index contributed by atoms with van der Waals surface area (Å²) in [7, 11) is 0. The summed E-state index contributed by atoms with van der Waals surface area (Å²) in [5, 5.41) is 18.2. The second kappa shape index (κ2) is 12.1. The fourth-order valence-electron chi connectivity index (χ4n) is 2.99. The highest BCUT2D eigenvalue weighted by atomic mass is 127. The topological polar surface area (TPSA) is 65.9 Å². The molecule has 25 heavy (non-hydrogen) atoms. The number of guanidine groups is 1. The van der Waals surface area contributed by atoms with Crippen molar-refractivity contribution in [2.24, 2.45) is 16.3 Å². The summed E-state index contributed by atoms with van der Waals surface area (Å²) >= 11 is 1.82. The first kappa shape index (κ1) is 22.7. The number of halogens is 1. The Hall–Kier alpha value is -0.380. The number of nitrogens with zero attached hydrogens (tertiary/aromatic N) is 1. The van der Waals surface area contributed by atoms with Gasteiger partial charge in [-0.15, -0.1) is 35.3 Å². The minimum absolute atomic E-state index is 0. The van der Waals surface area contributed by atoms with Crippen LogP contribution in [0, 0.1) is 11.3 Å². The minimum atomic E-state index is -0.000311. The third-order valence-electron chi connectivity index (χ3n) is 4.49. The number of hydrogen-bond donors (Lipinski definition) is 3. The summed E-state index contributed by atoms with van der Waals surface area (Å²) in [6.07, 6.45) is 2.82. The van der Waals surface area contributed by atoms with Gasteiger partial charge in [0.25, 0.3) is 0 Å². The molecule has 0 aromatic carbocycles. The molecule has 2 unspecified atom stereocenters. The van der Waals surface area contributed by atoms with Crippen LogP contribution in [0.4, 0.5) is 0 Å². The van der Waals surface area contributed by atoms with E-state index in [4.69, 9.17) is 9.73 Å². The highest BCUT2D eigenvalue weighted by Crippen LogP contribution is 2.32. The van der Waals surface area contributed by atoms with Gasteiger partial charge < -0.3 is 20.5 Å². The Morgan fingerprint density at radius 3 is 2.92 bits per heavy atom. The molecular formula is C18H32IN3O2S. The third kappa shape index (κ3) is 7.80. The molecule has 2 atom stereocenters. The Bertz CT molecular complexity index is 491. The largest absolute Gasteiger partial charge is 0.396 e. The number of rotatable bonds is 9. The predicted octanol–water partition coefficient (Wildman–Crippen LogP) is 2.89. The molecule has 2 heterocycles. The van der Waals surface area contributed by atoms with Gasteiger partial charge in [0, 0.05) is 36.6 Å². The molecule has 144 valence electrons. The number of ether oxygens (including phenoxy) is 1. The van der Waals surface area contributed by atoms with Gasteiger partial charge in [-0.05, 0) is 43.6 Å². The summed E-state index contributed by atoms with van der Waals surface area (Å²) in [5.41, 5.74) is -0.000311. The normalized spacial score (nSPS) is 21.6. The van der Waals surface area contributed by atoms with Gasteiger partial charge in [-0.25, -0.2) is 0 Å². The van der Waals surface area contributed by atoms with Gasteiger partial charge >= 0.3 is 0 Å². The fourth-order valence-corrected chi connectivity index (χ4v) is 3.86. The number of thiophene rings is 1. The van der Waals surface area contributed by atoms with Crippen molar-refractivity contribution in [3.05, 3.63) is 22.4 Å². The number of aliphatic hydroxyl groups is 1. The van der Waals surface area contributed by atoms with Crippen LogP contribution in [0.3, 0.4) is 0 Å². The van der Waals surface area contributed by atoms with Crippen molar-refractivity contribution in [1.82, 2.24) is 10.6 Å². The van der Waals surface area contributed by atoms with E-state index in [0.717, 1.165) is 44.9 Å². The molecule has 0 aliphatic carbocycles. The van der Waals surface area contributed by atoms with E-state index in [1.165, 1.54) is 4.88 Å². The second-order valence-electron chi connectivity index (χ2n) is 6.74. The summed E-state index contributed by atoms with van der Waals surface area (Å²) in [4.78, 5) is 6.19. The van der Waals surface area contributed by atoms with Crippen molar-refractivity contribution in [1.29, 1.82) is 0 Å². The van der Waals surface area contributed by atoms with Crippen LogP contribution < -0.4 is 10.6 Å². The predicted molar refractivity (Wildman–Crippen MR) is 116 cm³/mol. The zero-order valence-electron chi connectivity index (χ0n) is 15.3. The van der Waals surface area contributed by atoms with Crippen LogP contribution in [0.15, 0.2) is 22.5 Å². The number of aliphatic imine (C=N–C) groups is 1. The maximum absolute atomic E-state index is 9.32. The van der Waals surface area contributed by atoms with Gasteiger partial charge in [-0.2, -0.15) is 0 Å². The van der Waals surface area contributed by atoms with Crippen molar-refractivity contribution in [2.75, 3.05) is 39.5 Å². The van der Waals surface area contributed by atoms with Gasteiger partial charge in [0.15, 0.2) is 5.96 Å². The molecule has 7 heteroatoms. The van der Waals surface area contributed by atoms with Crippen LogP contribution in [0.25, 0.3) is 0 Å². The molecule has 0 spiro atoms. The molecule has 1 aromatic rings. The average molecular weight is 481 g/mol. The van der Waals surface area contributed by atoms with Crippen LogP contribution in [-0.2, 0) is 11.2 Å². The maximum Gasteiger partial charge on any atom is 0.191 e. The fraction of sp³-hybridized carbons (Fsp3) is 0.722. The van der Waals surface area contributed by atoms with E-state index in [0.29, 0.717) is 19.1 Å². The standard InChI is InChI=1S/C18H31N3O2S.HI/c1-3-19-17(20-12-15(2)11-16-5-4-10-24-16)21-13-18(6-8-22)7-9-23-14-18;/h4-5,10,15,22H,3,6-9,11-14H2,1-2H3,(H2,19,20,21);1H. The van der Waals surface area contributed by atoms with Gasteiger partial charge in [0.2, 0.25) is 0 Å². The van der Waals surface area contributed by atoms with E-state index in [9.17, 15) is 5.11 Å². The Balaban J connectivity index is 0.00000312. The monoisotopic (exact) mass is 481 g/mol. The molecule has 2 rings (SSSR count). The Morgan fingerprint density at radius 1 is 1.48 bits per heavy atom. The van der Waals surface area contributed by atoms with E-state index < -0.39 is 0 Å². The molecule has 1 saturated heterocycles. The molecule has 1 aromatic heterocycles. The molecule has 1 aliphatic rings. The molecule has 0 saturated carbocycles. The van der Waals surface area contributed by atoms with Crippen molar-refractivity contribution in [3.8, 4) is 0 Å². The first-order chi connectivity index (χ1) is 11.7. The van der Waals surface area contributed by atoms with Crippen molar-refractivity contribution in [2.45, 2.75) is 33.1 Å². The Labute approximate surface area is 172 Å². The lowest BCUT2D eigenvalue weighted by molar-refractivity contribution is 0.131. The van der Waals surface area contributed by atoms with E-state index in [-0.39, 0.29) is 36.0 Å². The van der Waals surface area contributed by atoms with E-state index in [1.807, 2.05) is 11.3 Å². The van der Waals surface area contributed by atoms with Crippen LogP contribution in [0.5, 0.6) is 0 Å². The zero-order chi connectivity index (χ0) is 17.3. The lowest BCUT2D eigenvalue weighted by Crippen LogP contribution is -2.41. The lowest BCUT2D eigenvalue weighted by atomic mass is 9.84. The van der Waals surface area contributed by atoms with E-state index in [1.54, 1.807) is 0 Å².